The molecule has 15 heavy (non-hydrogen) atoms. The molecule has 0 aliphatic heterocycles. The second-order valence-corrected chi connectivity index (χ2v) is 3.96. The fourth-order valence-electron chi connectivity index (χ4n) is 1.39. The largest absolute Gasteiger partial charge is 0.352 e. The van der Waals surface area contributed by atoms with Crippen molar-refractivity contribution < 1.29 is 4.79 Å². The zero-order valence-electron chi connectivity index (χ0n) is 9.87. The van der Waals surface area contributed by atoms with Gasteiger partial charge < -0.3 is 5.32 Å². The molecular formula is C11H19N3O. The van der Waals surface area contributed by atoms with Crippen LogP contribution < -0.4 is 5.32 Å². The third kappa shape index (κ3) is 3.38. The van der Waals surface area contributed by atoms with Crippen LogP contribution in [0.15, 0.2) is 6.07 Å². The molecule has 0 fully saturated rings. The summed E-state index contributed by atoms with van der Waals surface area (Å²) in [5.41, 5.74) is 1.97. The van der Waals surface area contributed by atoms with Gasteiger partial charge in [-0.1, -0.05) is 6.92 Å². The Kier molecular flexibility index (Phi) is 3.88. The normalized spacial score (nSPS) is 12.5. The van der Waals surface area contributed by atoms with E-state index in [-0.39, 0.29) is 11.9 Å². The van der Waals surface area contributed by atoms with Gasteiger partial charge in [-0.15, -0.1) is 0 Å². The topological polar surface area (TPSA) is 46.9 Å². The molecule has 1 unspecified atom stereocenters. The number of carbonyl (C=O) groups is 1. The maximum Gasteiger partial charge on any atom is 0.241 e. The molecular weight excluding hydrogens is 190 g/mol. The molecule has 1 amide bonds. The highest BCUT2D eigenvalue weighted by Crippen LogP contribution is 2.01. The second kappa shape index (κ2) is 4.96. The standard InChI is InChI=1S/C11H19N3O/c1-5-8(2)12-11(15)7-14-10(4)6-9(3)13-14/h6,8H,5,7H2,1-4H3,(H,12,15). The minimum Gasteiger partial charge on any atom is -0.352 e. The fourth-order valence-corrected chi connectivity index (χ4v) is 1.39. The van der Waals surface area contributed by atoms with Crippen LogP contribution in [0.2, 0.25) is 0 Å². The number of hydrogen-bond donors (Lipinski definition) is 1. The van der Waals surface area contributed by atoms with Gasteiger partial charge in [0.25, 0.3) is 0 Å². The molecule has 4 heteroatoms. The smallest absolute Gasteiger partial charge is 0.241 e. The number of carbonyl (C=O) groups excluding carboxylic acids is 1. The van der Waals surface area contributed by atoms with E-state index in [0.29, 0.717) is 6.54 Å². The summed E-state index contributed by atoms with van der Waals surface area (Å²) in [5.74, 6) is 0.0237. The number of rotatable bonds is 4. The molecule has 0 spiro atoms. The van der Waals surface area contributed by atoms with Crippen molar-refractivity contribution in [3.8, 4) is 0 Å². The fraction of sp³-hybridized carbons (Fsp3) is 0.636. The van der Waals surface area contributed by atoms with Gasteiger partial charge in [-0.25, -0.2) is 0 Å². The van der Waals surface area contributed by atoms with Crippen molar-refractivity contribution in [2.75, 3.05) is 0 Å². The van der Waals surface area contributed by atoms with Crippen molar-refractivity contribution >= 4 is 5.91 Å². The van der Waals surface area contributed by atoms with Gasteiger partial charge in [-0.3, -0.25) is 9.48 Å². The van der Waals surface area contributed by atoms with Gasteiger partial charge in [0.1, 0.15) is 6.54 Å². The highest BCUT2D eigenvalue weighted by Gasteiger charge is 2.08. The number of nitrogens with zero attached hydrogens (tertiary/aromatic N) is 2. The van der Waals surface area contributed by atoms with Crippen molar-refractivity contribution in [1.29, 1.82) is 0 Å². The Morgan fingerprint density at radius 3 is 2.73 bits per heavy atom. The highest BCUT2D eigenvalue weighted by atomic mass is 16.2. The SMILES string of the molecule is CCC(C)NC(=O)Cn1nc(C)cc1C. The molecule has 0 aliphatic carbocycles. The van der Waals surface area contributed by atoms with Gasteiger partial charge in [0, 0.05) is 11.7 Å². The Balaban J connectivity index is 2.55. The van der Waals surface area contributed by atoms with Crippen molar-refractivity contribution in [3.63, 3.8) is 0 Å². The zero-order chi connectivity index (χ0) is 11.4. The van der Waals surface area contributed by atoms with E-state index in [0.717, 1.165) is 17.8 Å². The maximum absolute atomic E-state index is 11.6. The summed E-state index contributed by atoms with van der Waals surface area (Å²) in [6.45, 7) is 8.24. The molecule has 0 aliphatic rings. The minimum atomic E-state index is 0.0237. The minimum absolute atomic E-state index is 0.0237. The molecule has 1 heterocycles. The lowest BCUT2D eigenvalue weighted by Gasteiger charge is -2.11. The quantitative estimate of drug-likeness (QED) is 0.815. The third-order valence-electron chi connectivity index (χ3n) is 2.42. The van der Waals surface area contributed by atoms with Crippen LogP contribution in [0.25, 0.3) is 0 Å². The van der Waals surface area contributed by atoms with Crippen LogP contribution in [0.3, 0.4) is 0 Å². The van der Waals surface area contributed by atoms with Crippen molar-refractivity contribution in [3.05, 3.63) is 17.5 Å². The molecule has 1 atom stereocenters. The molecule has 0 radical (unpaired) electrons. The summed E-state index contributed by atoms with van der Waals surface area (Å²) >= 11 is 0. The number of nitrogens with one attached hydrogen (secondary N) is 1. The first-order chi connectivity index (χ1) is 7.02. The second-order valence-electron chi connectivity index (χ2n) is 3.96. The summed E-state index contributed by atoms with van der Waals surface area (Å²) in [6.07, 6.45) is 0.947. The Labute approximate surface area is 90.7 Å². The van der Waals surface area contributed by atoms with Gasteiger partial charge in [0.05, 0.1) is 5.69 Å². The Bertz CT molecular complexity index is 344. The third-order valence-corrected chi connectivity index (χ3v) is 2.42. The van der Waals surface area contributed by atoms with Crippen LogP contribution >= 0.6 is 0 Å². The van der Waals surface area contributed by atoms with Crippen LogP contribution in [0, 0.1) is 13.8 Å². The molecule has 0 saturated carbocycles. The number of aryl methyl sites for hydroxylation is 2. The maximum atomic E-state index is 11.6. The van der Waals surface area contributed by atoms with Crippen molar-refractivity contribution in [2.45, 2.75) is 46.7 Å². The Hall–Kier alpha value is -1.32. The molecule has 1 N–H and O–H groups in total. The van der Waals surface area contributed by atoms with E-state index in [1.54, 1.807) is 4.68 Å². The number of hydrogen-bond acceptors (Lipinski definition) is 2. The first-order valence-electron chi connectivity index (χ1n) is 5.33. The van der Waals surface area contributed by atoms with E-state index < -0.39 is 0 Å². The first kappa shape index (κ1) is 11.8. The van der Waals surface area contributed by atoms with Gasteiger partial charge in [0.2, 0.25) is 5.91 Å². The Morgan fingerprint density at radius 1 is 1.60 bits per heavy atom. The van der Waals surface area contributed by atoms with Crippen LogP contribution in [-0.4, -0.2) is 21.7 Å². The lowest BCUT2D eigenvalue weighted by atomic mass is 10.2. The van der Waals surface area contributed by atoms with E-state index in [9.17, 15) is 4.79 Å². The molecule has 1 aromatic rings. The van der Waals surface area contributed by atoms with Crippen LogP contribution in [0.1, 0.15) is 31.7 Å². The molecule has 0 saturated heterocycles. The summed E-state index contributed by atoms with van der Waals surface area (Å²) in [6, 6.07) is 2.20. The van der Waals surface area contributed by atoms with Gasteiger partial charge in [0.15, 0.2) is 0 Å². The summed E-state index contributed by atoms with van der Waals surface area (Å²) in [7, 11) is 0. The highest BCUT2D eigenvalue weighted by molar-refractivity contribution is 5.75. The van der Waals surface area contributed by atoms with E-state index in [1.807, 2.05) is 33.8 Å². The summed E-state index contributed by atoms with van der Waals surface area (Å²) in [4.78, 5) is 11.6. The van der Waals surface area contributed by atoms with Crippen LogP contribution in [0.5, 0.6) is 0 Å². The monoisotopic (exact) mass is 209 g/mol. The predicted molar refractivity (Wildman–Crippen MR) is 59.6 cm³/mol. The van der Waals surface area contributed by atoms with E-state index in [1.165, 1.54) is 0 Å². The van der Waals surface area contributed by atoms with E-state index in [4.69, 9.17) is 0 Å². The predicted octanol–water partition coefficient (Wildman–Crippen LogP) is 1.41. The summed E-state index contributed by atoms with van der Waals surface area (Å²) < 4.78 is 1.73. The average molecular weight is 209 g/mol. The summed E-state index contributed by atoms with van der Waals surface area (Å²) in [5, 5.41) is 7.15. The number of amides is 1. The lowest BCUT2D eigenvalue weighted by molar-refractivity contribution is -0.122. The van der Waals surface area contributed by atoms with Crippen molar-refractivity contribution in [1.82, 2.24) is 15.1 Å². The van der Waals surface area contributed by atoms with Crippen LogP contribution in [-0.2, 0) is 11.3 Å². The molecule has 4 nitrogen and oxygen atoms in total. The zero-order valence-corrected chi connectivity index (χ0v) is 9.87. The Morgan fingerprint density at radius 2 is 2.27 bits per heavy atom. The van der Waals surface area contributed by atoms with Gasteiger partial charge >= 0.3 is 0 Å². The van der Waals surface area contributed by atoms with Crippen LogP contribution in [0.4, 0.5) is 0 Å². The van der Waals surface area contributed by atoms with E-state index in [2.05, 4.69) is 10.4 Å². The molecule has 1 aromatic heterocycles. The lowest BCUT2D eigenvalue weighted by Crippen LogP contribution is -2.35. The van der Waals surface area contributed by atoms with Gasteiger partial charge in [-0.05, 0) is 33.3 Å². The van der Waals surface area contributed by atoms with Gasteiger partial charge in [-0.2, -0.15) is 5.10 Å². The number of aromatic nitrogens is 2. The molecule has 0 aromatic carbocycles. The van der Waals surface area contributed by atoms with Crippen molar-refractivity contribution in [2.24, 2.45) is 0 Å². The molecule has 84 valence electrons. The molecule has 1 rings (SSSR count). The molecule has 0 bridgehead atoms. The first-order valence-corrected chi connectivity index (χ1v) is 5.33. The van der Waals surface area contributed by atoms with E-state index >= 15 is 0 Å². The average Bonchev–Trinajstić information content (AvgIpc) is 2.44.